The highest BCUT2D eigenvalue weighted by Crippen LogP contribution is 2.17. The Kier molecular flexibility index (Phi) is 38.9. The van der Waals surface area contributed by atoms with Crippen LogP contribution in [0.25, 0.3) is 0 Å². The van der Waals surface area contributed by atoms with Gasteiger partial charge in [0.05, 0.1) is 0 Å². The molecule has 0 fully saturated rings. The van der Waals surface area contributed by atoms with Crippen molar-refractivity contribution in [2.45, 2.75) is 259 Å². The summed E-state index contributed by atoms with van der Waals surface area (Å²) in [5.74, 6) is 0.729. The molecule has 0 bridgehead atoms. The number of ether oxygens (including phenoxy) is 3. The van der Waals surface area contributed by atoms with Gasteiger partial charge in [0, 0.05) is 19.3 Å². The topological polar surface area (TPSA) is 78.9 Å². The average molecular weight is 751 g/mol. The molecule has 0 aliphatic rings. The second-order valence-corrected chi connectivity index (χ2v) is 16.8. The van der Waals surface area contributed by atoms with Crippen molar-refractivity contribution in [2.24, 2.45) is 11.8 Å². The number of hydrogen-bond acceptors (Lipinski definition) is 6. The summed E-state index contributed by atoms with van der Waals surface area (Å²) in [5.41, 5.74) is 0. The summed E-state index contributed by atoms with van der Waals surface area (Å²) in [4.78, 5) is 37.7. The first kappa shape index (κ1) is 51.4. The Morgan fingerprint density at radius 2 is 0.717 bits per heavy atom. The lowest BCUT2D eigenvalue weighted by molar-refractivity contribution is -0.167. The minimum atomic E-state index is -0.761. The Bertz CT molecular complexity index is 811. The molecule has 1 unspecified atom stereocenters. The van der Waals surface area contributed by atoms with Gasteiger partial charge in [-0.1, -0.05) is 214 Å². The van der Waals surface area contributed by atoms with E-state index in [4.69, 9.17) is 14.2 Å². The smallest absolute Gasteiger partial charge is 0.306 e. The molecule has 0 aromatic carbocycles. The number of hydrogen-bond donors (Lipinski definition) is 0. The highest BCUT2D eigenvalue weighted by atomic mass is 16.6. The fourth-order valence-electron chi connectivity index (χ4n) is 6.90. The first-order valence-electron chi connectivity index (χ1n) is 23.3. The normalized spacial score (nSPS) is 12.6. The van der Waals surface area contributed by atoms with Crippen molar-refractivity contribution >= 4 is 17.9 Å². The molecule has 0 amide bonds. The van der Waals surface area contributed by atoms with Gasteiger partial charge in [0.2, 0.25) is 0 Å². The van der Waals surface area contributed by atoms with Gasteiger partial charge in [-0.25, -0.2) is 0 Å². The summed E-state index contributed by atoms with van der Waals surface area (Å²) in [7, 11) is 0. The van der Waals surface area contributed by atoms with Crippen molar-refractivity contribution in [3.8, 4) is 0 Å². The van der Waals surface area contributed by atoms with Crippen LogP contribution in [0.3, 0.4) is 0 Å². The summed E-state index contributed by atoms with van der Waals surface area (Å²) < 4.78 is 16.7. The van der Waals surface area contributed by atoms with E-state index >= 15 is 0 Å². The third-order valence-corrected chi connectivity index (χ3v) is 10.8. The van der Waals surface area contributed by atoms with E-state index in [1.54, 1.807) is 0 Å². The SMILES string of the molecule is CCCCCCCCCCCCCCCCCC(=O)OC[C@@H](COC(=O)CCCCCCCCCC(C)C)OC(=O)CCCCCCCCC(C)CC. The van der Waals surface area contributed by atoms with E-state index in [2.05, 4.69) is 34.6 Å². The van der Waals surface area contributed by atoms with Gasteiger partial charge in [0.1, 0.15) is 13.2 Å². The van der Waals surface area contributed by atoms with Crippen LogP contribution in [0, 0.1) is 11.8 Å². The van der Waals surface area contributed by atoms with Gasteiger partial charge in [-0.3, -0.25) is 14.4 Å². The first-order chi connectivity index (χ1) is 25.8. The molecule has 0 heterocycles. The molecule has 0 rings (SSSR count). The van der Waals surface area contributed by atoms with Gasteiger partial charge in [0.15, 0.2) is 6.10 Å². The van der Waals surface area contributed by atoms with E-state index in [-0.39, 0.29) is 31.1 Å². The average Bonchev–Trinajstić information content (AvgIpc) is 3.14. The van der Waals surface area contributed by atoms with Crippen LogP contribution in [-0.2, 0) is 28.6 Å². The van der Waals surface area contributed by atoms with Crippen LogP contribution in [0.1, 0.15) is 253 Å². The fourth-order valence-corrected chi connectivity index (χ4v) is 6.90. The zero-order valence-corrected chi connectivity index (χ0v) is 36.1. The fraction of sp³-hybridized carbons (Fsp3) is 0.936. The van der Waals surface area contributed by atoms with Crippen molar-refractivity contribution < 1.29 is 28.6 Å². The lowest BCUT2D eigenvalue weighted by Gasteiger charge is -2.18. The Morgan fingerprint density at radius 1 is 0.396 bits per heavy atom. The van der Waals surface area contributed by atoms with Gasteiger partial charge in [-0.15, -0.1) is 0 Å². The van der Waals surface area contributed by atoms with Crippen molar-refractivity contribution in [1.82, 2.24) is 0 Å². The van der Waals surface area contributed by atoms with Crippen LogP contribution in [0.4, 0.5) is 0 Å². The van der Waals surface area contributed by atoms with Crippen LogP contribution in [-0.4, -0.2) is 37.2 Å². The summed E-state index contributed by atoms with van der Waals surface area (Å²) in [6.07, 6.45) is 38.1. The lowest BCUT2D eigenvalue weighted by atomic mass is 10.00. The molecule has 0 radical (unpaired) electrons. The monoisotopic (exact) mass is 751 g/mol. The Labute approximate surface area is 329 Å². The molecule has 0 aromatic heterocycles. The molecule has 0 aliphatic heterocycles. The van der Waals surface area contributed by atoms with Crippen LogP contribution < -0.4 is 0 Å². The minimum absolute atomic E-state index is 0.0659. The van der Waals surface area contributed by atoms with Gasteiger partial charge in [-0.05, 0) is 31.1 Å². The minimum Gasteiger partial charge on any atom is -0.462 e. The van der Waals surface area contributed by atoms with E-state index in [0.717, 1.165) is 69.6 Å². The molecule has 314 valence electrons. The Morgan fingerprint density at radius 3 is 1.08 bits per heavy atom. The molecule has 0 aliphatic carbocycles. The van der Waals surface area contributed by atoms with E-state index in [9.17, 15) is 14.4 Å². The zero-order valence-electron chi connectivity index (χ0n) is 36.1. The third-order valence-electron chi connectivity index (χ3n) is 10.8. The molecule has 2 atom stereocenters. The predicted molar refractivity (Wildman–Crippen MR) is 224 cm³/mol. The second-order valence-electron chi connectivity index (χ2n) is 16.8. The van der Waals surface area contributed by atoms with Crippen LogP contribution in [0.15, 0.2) is 0 Å². The van der Waals surface area contributed by atoms with Crippen LogP contribution in [0.2, 0.25) is 0 Å². The molecule has 6 nitrogen and oxygen atoms in total. The number of rotatable bonds is 41. The molecule has 0 saturated heterocycles. The Hall–Kier alpha value is -1.59. The van der Waals surface area contributed by atoms with Crippen molar-refractivity contribution in [3.63, 3.8) is 0 Å². The maximum Gasteiger partial charge on any atom is 0.306 e. The summed E-state index contributed by atoms with van der Waals surface area (Å²) in [6.45, 7) is 11.3. The van der Waals surface area contributed by atoms with Crippen molar-refractivity contribution in [2.75, 3.05) is 13.2 Å². The number of carbonyl (C=O) groups is 3. The summed E-state index contributed by atoms with van der Waals surface area (Å²) in [6, 6.07) is 0. The van der Waals surface area contributed by atoms with Gasteiger partial charge >= 0.3 is 17.9 Å². The highest BCUT2D eigenvalue weighted by molar-refractivity contribution is 5.71. The maximum atomic E-state index is 12.7. The molecule has 6 heteroatoms. The van der Waals surface area contributed by atoms with E-state index in [1.807, 2.05) is 0 Å². The lowest BCUT2D eigenvalue weighted by Crippen LogP contribution is -2.30. The van der Waals surface area contributed by atoms with Crippen molar-refractivity contribution in [1.29, 1.82) is 0 Å². The molecule has 0 N–H and O–H groups in total. The van der Waals surface area contributed by atoms with Crippen LogP contribution >= 0.6 is 0 Å². The van der Waals surface area contributed by atoms with Gasteiger partial charge in [-0.2, -0.15) is 0 Å². The zero-order chi connectivity index (χ0) is 39.0. The Balaban J connectivity index is 4.30. The van der Waals surface area contributed by atoms with E-state index in [1.165, 1.54) is 141 Å². The third kappa shape index (κ3) is 39.9. The molecule has 0 saturated carbocycles. The predicted octanol–water partition coefficient (Wildman–Crippen LogP) is 14.6. The van der Waals surface area contributed by atoms with E-state index in [0.29, 0.717) is 19.3 Å². The summed E-state index contributed by atoms with van der Waals surface area (Å²) in [5, 5.41) is 0. The van der Waals surface area contributed by atoms with Gasteiger partial charge in [0.25, 0.3) is 0 Å². The number of carbonyl (C=O) groups excluding carboxylic acids is 3. The van der Waals surface area contributed by atoms with Crippen molar-refractivity contribution in [3.05, 3.63) is 0 Å². The standard InChI is InChI=1S/C47H90O6/c1-6-8-9-10-11-12-13-14-15-16-17-18-21-27-32-37-45(48)51-40-44(53-47(50)39-34-29-24-23-26-31-36-43(5)7-2)41-52-46(49)38-33-28-22-19-20-25-30-35-42(3)4/h42-44H,6-41H2,1-5H3/t43?,44-/m0/s1. The first-order valence-corrected chi connectivity index (χ1v) is 23.3. The molecular formula is C47H90O6. The molecule has 53 heavy (non-hydrogen) atoms. The summed E-state index contributed by atoms with van der Waals surface area (Å²) >= 11 is 0. The van der Waals surface area contributed by atoms with Gasteiger partial charge < -0.3 is 14.2 Å². The quantitative estimate of drug-likeness (QED) is 0.0352. The molecular weight excluding hydrogens is 661 g/mol. The molecule has 0 spiro atoms. The van der Waals surface area contributed by atoms with E-state index < -0.39 is 6.10 Å². The second kappa shape index (κ2) is 40.1. The largest absolute Gasteiger partial charge is 0.462 e. The molecule has 0 aromatic rings. The van der Waals surface area contributed by atoms with Crippen LogP contribution in [0.5, 0.6) is 0 Å². The number of unbranched alkanes of at least 4 members (excludes halogenated alkanes) is 25. The highest BCUT2D eigenvalue weighted by Gasteiger charge is 2.19. The number of esters is 3. The maximum absolute atomic E-state index is 12.7.